The highest BCUT2D eigenvalue weighted by Gasteiger charge is 2.26. The summed E-state index contributed by atoms with van der Waals surface area (Å²) >= 11 is 1.73. The number of nitrogens with zero attached hydrogens (tertiary/aromatic N) is 2. The molecule has 5 nitrogen and oxygen atoms in total. The zero-order valence-corrected chi connectivity index (χ0v) is 18.2. The molecule has 1 aromatic heterocycles. The molecule has 2 aromatic carbocycles. The van der Waals surface area contributed by atoms with Crippen LogP contribution < -0.4 is 9.47 Å². The molecule has 0 atom stereocenters. The summed E-state index contributed by atoms with van der Waals surface area (Å²) in [5.74, 6) is 1.70. The molecular weight excluding hydrogens is 396 g/mol. The molecule has 0 saturated carbocycles. The van der Waals surface area contributed by atoms with Crippen molar-refractivity contribution >= 4 is 17.2 Å². The van der Waals surface area contributed by atoms with Crippen LogP contribution in [0.2, 0.25) is 0 Å². The maximum Gasteiger partial charge on any atom is 0.253 e. The number of likely N-dealkylation sites (tertiary alicyclic amines) is 1. The van der Waals surface area contributed by atoms with Crippen LogP contribution in [-0.2, 0) is 6.61 Å². The van der Waals surface area contributed by atoms with Crippen LogP contribution in [0.5, 0.6) is 11.5 Å². The topological polar surface area (TPSA) is 51.7 Å². The van der Waals surface area contributed by atoms with E-state index in [0.717, 1.165) is 37.2 Å². The first-order valence-corrected chi connectivity index (χ1v) is 11.1. The van der Waals surface area contributed by atoms with Crippen LogP contribution in [0.1, 0.15) is 45.4 Å². The predicted molar refractivity (Wildman–Crippen MR) is 118 cm³/mol. The van der Waals surface area contributed by atoms with Crippen molar-refractivity contribution in [2.24, 2.45) is 0 Å². The average molecular weight is 423 g/mol. The average Bonchev–Trinajstić information content (AvgIpc) is 3.24. The molecule has 0 radical (unpaired) electrons. The molecule has 6 heteroatoms. The van der Waals surface area contributed by atoms with E-state index in [0.29, 0.717) is 29.6 Å². The van der Waals surface area contributed by atoms with Gasteiger partial charge < -0.3 is 14.4 Å². The zero-order chi connectivity index (χ0) is 20.9. The summed E-state index contributed by atoms with van der Waals surface area (Å²) in [6, 6.07) is 15.4. The van der Waals surface area contributed by atoms with E-state index in [1.165, 1.54) is 5.01 Å². The van der Waals surface area contributed by atoms with E-state index in [4.69, 9.17) is 9.47 Å². The van der Waals surface area contributed by atoms with Crippen molar-refractivity contribution in [3.63, 3.8) is 0 Å². The summed E-state index contributed by atoms with van der Waals surface area (Å²) in [4.78, 5) is 19.6. The summed E-state index contributed by atoms with van der Waals surface area (Å²) < 4.78 is 11.4. The second kappa shape index (κ2) is 9.30. The first-order chi connectivity index (χ1) is 14.6. The molecule has 0 spiro atoms. The normalized spacial score (nSPS) is 14.5. The van der Waals surface area contributed by atoms with Gasteiger partial charge in [-0.25, -0.2) is 4.98 Å². The summed E-state index contributed by atoms with van der Waals surface area (Å²) in [6.07, 6.45) is 1.90. The van der Waals surface area contributed by atoms with Gasteiger partial charge in [0.05, 0.1) is 12.1 Å². The summed E-state index contributed by atoms with van der Waals surface area (Å²) in [5, 5.41) is 3.29. The summed E-state index contributed by atoms with van der Waals surface area (Å²) in [6.45, 7) is 3.97. The molecule has 1 amide bonds. The number of hydrogen-bond donors (Lipinski definition) is 0. The number of ether oxygens (including phenoxy) is 2. The molecule has 0 unspecified atom stereocenters. The number of benzene rings is 2. The molecule has 156 valence electrons. The number of thiazole rings is 1. The highest BCUT2D eigenvalue weighted by atomic mass is 32.1. The standard InChI is InChI=1S/C24H26N2O3S/c1-17-16-30-23(25-17)19-10-12-26(13-11-19)24(27)20-8-9-21(22(14-20)28-2)29-15-18-6-4-3-5-7-18/h3-9,14,16,19H,10-13,15H2,1-2H3. The van der Waals surface area contributed by atoms with Crippen LogP contribution in [0.25, 0.3) is 0 Å². The third kappa shape index (κ3) is 4.65. The Bertz CT molecular complexity index is 995. The Morgan fingerprint density at radius 3 is 2.57 bits per heavy atom. The number of piperidine rings is 1. The third-order valence-electron chi connectivity index (χ3n) is 5.42. The zero-order valence-electron chi connectivity index (χ0n) is 17.3. The Hall–Kier alpha value is -2.86. The quantitative estimate of drug-likeness (QED) is 0.557. The van der Waals surface area contributed by atoms with Crippen molar-refractivity contribution in [1.29, 1.82) is 0 Å². The SMILES string of the molecule is COc1cc(C(=O)N2CCC(c3nc(C)cs3)CC2)ccc1OCc1ccccc1. The van der Waals surface area contributed by atoms with Gasteiger partial charge in [0.2, 0.25) is 0 Å². The van der Waals surface area contributed by atoms with Crippen molar-refractivity contribution in [3.05, 3.63) is 75.7 Å². The molecule has 0 N–H and O–H groups in total. The molecule has 30 heavy (non-hydrogen) atoms. The largest absolute Gasteiger partial charge is 0.493 e. The molecule has 4 rings (SSSR count). The van der Waals surface area contributed by atoms with E-state index in [-0.39, 0.29) is 5.91 Å². The van der Waals surface area contributed by atoms with E-state index in [1.54, 1.807) is 24.5 Å². The maximum absolute atomic E-state index is 13.0. The maximum atomic E-state index is 13.0. The number of rotatable bonds is 6. The molecule has 2 heterocycles. The number of carbonyl (C=O) groups excluding carboxylic acids is 1. The van der Waals surface area contributed by atoms with E-state index >= 15 is 0 Å². The van der Waals surface area contributed by atoms with Gasteiger partial charge in [0.1, 0.15) is 6.61 Å². The lowest BCUT2D eigenvalue weighted by atomic mass is 9.97. The van der Waals surface area contributed by atoms with Gasteiger partial charge in [0, 0.05) is 35.6 Å². The summed E-state index contributed by atoms with van der Waals surface area (Å²) in [7, 11) is 1.60. The number of aryl methyl sites for hydroxylation is 1. The minimum Gasteiger partial charge on any atom is -0.493 e. The molecule has 1 fully saturated rings. The van der Waals surface area contributed by atoms with Crippen LogP contribution in [0.3, 0.4) is 0 Å². The number of amides is 1. The Morgan fingerprint density at radius 1 is 1.13 bits per heavy atom. The molecular formula is C24H26N2O3S. The van der Waals surface area contributed by atoms with Crippen LogP contribution >= 0.6 is 11.3 Å². The number of aromatic nitrogens is 1. The first-order valence-electron chi connectivity index (χ1n) is 10.2. The Labute approximate surface area is 181 Å². The molecule has 3 aromatic rings. The van der Waals surface area contributed by atoms with Gasteiger partial charge in [-0.15, -0.1) is 11.3 Å². The molecule has 1 aliphatic heterocycles. The van der Waals surface area contributed by atoms with Crippen LogP contribution in [0, 0.1) is 6.92 Å². The molecule has 0 bridgehead atoms. The lowest BCUT2D eigenvalue weighted by Gasteiger charge is -2.31. The van der Waals surface area contributed by atoms with Crippen molar-refractivity contribution in [2.45, 2.75) is 32.3 Å². The Kier molecular flexibility index (Phi) is 6.33. The lowest BCUT2D eigenvalue weighted by Crippen LogP contribution is -2.37. The molecule has 0 aliphatic carbocycles. The monoisotopic (exact) mass is 422 g/mol. The second-order valence-corrected chi connectivity index (χ2v) is 8.42. The van der Waals surface area contributed by atoms with Crippen LogP contribution in [-0.4, -0.2) is 36.0 Å². The minimum absolute atomic E-state index is 0.0386. The number of methoxy groups -OCH3 is 1. The van der Waals surface area contributed by atoms with Gasteiger partial charge in [-0.05, 0) is 43.5 Å². The van der Waals surface area contributed by atoms with Crippen molar-refractivity contribution in [3.8, 4) is 11.5 Å². The Balaban J connectivity index is 1.39. The fourth-order valence-electron chi connectivity index (χ4n) is 3.73. The fraction of sp³-hybridized carbons (Fsp3) is 0.333. The van der Waals surface area contributed by atoms with Gasteiger partial charge >= 0.3 is 0 Å². The van der Waals surface area contributed by atoms with Gasteiger partial charge in [0.25, 0.3) is 5.91 Å². The van der Waals surface area contributed by atoms with E-state index in [9.17, 15) is 4.79 Å². The van der Waals surface area contributed by atoms with Crippen LogP contribution in [0.15, 0.2) is 53.9 Å². The first kappa shape index (κ1) is 20.4. The van der Waals surface area contributed by atoms with E-state index < -0.39 is 0 Å². The van der Waals surface area contributed by atoms with Gasteiger partial charge in [-0.2, -0.15) is 0 Å². The molecule has 1 aliphatic rings. The number of carbonyl (C=O) groups is 1. The van der Waals surface area contributed by atoms with Gasteiger partial charge in [-0.1, -0.05) is 30.3 Å². The fourth-order valence-corrected chi connectivity index (χ4v) is 4.70. The molecule has 1 saturated heterocycles. The Morgan fingerprint density at radius 2 is 1.90 bits per heavy atom. The second-order valence-electron chi connectivity index (χ2n) is 7.53. The van der Waals surface area contributed by atoms with E-state index in [1.807, 2.05) is 54.3 Å². The van der Waals surface area contributed by atoms with E-state index in [2.05, 4.69) is 10.4 Å². The smallest absolute Gasteiger partial charge is 0.253 e. The van der Waals surface area contributed by atoms with Crippen molar-refractivity contribution in [2.75, 3.05) is 20.2 Å². The summed E-state index contributed by atoms with van der Waals surface area (Å²) in [5.41, 5.74) is 2.79. The predicted octanol–water partition coefficient (Wildman–Crippen LogP) is 5.06. The van der Waals surface area contributed by atoms with Crippen molar-refractivity contribution in [1.82, 2.24) is 9.88 Å². The highest BCUT2D eigenvalue weighted by Crippen LogP contribution is 2.32. The van der Waals surface area contributed by atoms with Crippen molar-refractivity contribution < 1.29 is 14.3 Å². The third-order valence-corrected chi connectivity index (χ3v) is 6.54. The van der Waals surface area contributed by atoms with Gasteiger partial charge in [0.15, 0.2) is 11.5 Å². The highest BCUT2D eigenvalue weighted by molar-refractivity contribution is 7.09. The number of hydrogen-bond acceptors (Lipinski definition) is 5. The minimum atomic E-state index is 0.0386. The van der Waals surface area contributed by atoms with Gasteiger partial charge in [-0.3, -0.25) is 4.79 Å². The lowest BCUT2D eigenvalue weighted by molar-refractivity contribution is 0.0712. The van der Waals surface area contributed by atoms with Crippen LogP contribution in [0.4, 0.5) is 0 Å².